The number of hydrogen-bond acceptors (Lipinski definition) is 3. The minimum atomic E-state index is 0.666. The molecule has 2 aromatic rings. The highest BCUT2D eigenvalue weighted by molar-refractivity contribution is 9.10. The predicted octanol–water partition coefficient (Wildman–Crippen LogP) is 3.60. The summed E-state index contributed by atoms with van der Waals surface area (Å²) in [7, 11) is 1.96. The number of carbonyl (C=O) groups excluding carboxylic acids is 1. The summed E-state index contributed by atoms with van der Waals surface area (Å²) >= 11 is 3.43. The number of aromatic nitrogens is 1. The maximum absolute atomic E-state index is 11.1. The maximum Gasteiger partial charge on any atom is 0.152 e. The number of hydrogen-bond donors (Lipinski definition) is 0. The molecule has 0 spiro atoms. The minimum absolute atomic E-state index is 0.666. The molecule has 0 aliphatic rings. The summed E-state index contributed by atoms with van der Waals surface area (Å²) in [5.74, 6) is 0. The van der Waals surface area contributed by atoms with E-state index in [1.807, 2.05) is 55.3 Å². The normalized spacial score (nSPS) is 10.3. The number of anilines is 1. The summed E-state index contributed by atoms with van der Waals surface area (Å²) < 4.78 is 0.956. The van der Waals surface area contributed by atoms with Crippen molar-refractivity contribution in [3.63, 3.8) is 0 Å². The zero-order valence-electron chi connectivity index (χ0n) is 10.9. The van der Waals surface area contributed by atoms with E-state index in [0.717, 1.165) is 27.8 Å². The van der Waals surface area contributed by atoms with Crippen LogP contribution >= 0.6 is 15.9 Å². The van der Waals surface area contributed by atoms with Crippen LogP contribution in [0.5, 0.6) is 0 Å². The maximum atomic E-state index is 11.1. The fourth-order valence-electron chi connectivity index (χ4n) is 1.96. The van der Waals surface area contributed by atoms with Crippen molar-refractivity contribution in [2.75, 3.05) is 11.9 Å². The van der Waals surface area contributed by atoms with Crippen molar-refractivity contribution in [3.05, 3.63) is 57.8 Å². The molecule has 0 fully saturated rings. The Labute approximate surface area is 121 Å². The first-order chi connectivity index (χ1) is 9.10. The second-order valence-electron chi connectivity index (χ2n) is 4.45. The van der Waals surface area contributed by atoms with Crippen LogP contribution in [0.4, 0.5) is 5.69 Å². The Morgan fingerprint density at radius 2 is 2.11 bits per heavy atom. The summed E-state index contributed by atoms with van der Waals surface area (Å²) in [4.78, 5) is 17.6. The molecular weight excluding hydrogens is 304 g/mol. The van der Waals surface area contributed by atoms with Gasteiger partial charge in [0.05, 0.1) is 12.2 Å². The molecule has 98 valence electrons. The molecule has 1 aromatic heterocycles. The number of aryl methyl sites for hydroxylation is 1. The average Bonchev–Trinajstić information content (AvgIpc) is 2.38. The standard InChI is InChI=1S/C15H15BrN2O/c1-11-4-3-5-14(17-11)9-18(2)15-8-13(16)7-6-12(15)10-19/h3-8,10H,9H2,1-2H3. The monoisotopic (exact) mass is 318 g/mol. The van der Waals surface area contributed by atoms with Gasteiger partial charge in [0.25, 0.3) is 0 Å². The highest BCUT2D eigenvalue weighted by Crippen LogP contribution is 2.24. The van der Waals surface area contributed by atoms with Crippen LogP contribution in [0, 0.1) is 6.92 Å². The smallest absolute Gasteiger partial charge is 0.152 e. The Morgan fingerprint density at radius 3 is 2.79 bits per heavy atom. The van der Waals surface area contributed by atoms with Gasteiger partial charge in [-0.3, -0.25) is 9.78 Å². The van der Waals surface area contributed by atoms with Crippen molar-refractivity contribution < 1.29 is 4.79 Å². The number of benzene rings is 1. The van der Waals surface area contributed by atoms with Gasteiger partial charge >= 0.3 is 0 Å². The molecule has 4 heteroatoms. The minimum Gasteiger partial charge on any atom is -0.368 e. The molecule has 0 amide bonds. The topological polar surface area (TPSA) is 33.2 Å². The second-order valence-corrected chi connectivity index (χ2v) is 5.36. The molecule has 1 heterocycles. The highest BCUT2D eigenvalue weighted by Gasteiger charge is 2.09. The van der Waals surface area contributed by atoms with E-state index in [1.54, 1.807) is 0 Å². The van der Waals surface area contributed by atoms with Gasteiger partial charge in [-0.05, 0) is 37.3 Å². The summed E-state index contributed by atoms with van der Waals surface area (Å²) in [5.41, 5.74) is 3.56. The third kappa shape index (κ3) is 3.41. The lowest BCUT2D eigenvalue weighted by atomic mass is 10.1. The number of pyridine rings is 1. The van der Waals surface area contributed by atoms with Gasteiger partial charge in [0.15, 0.2) is 6.29 Å². The van der Waals surface area contributed by atoms with Gasteiger partial charge in [-0.15, -0.1) is 0 Å². The quantitative estimate of drug-likeness (QED) is 0.807. The average molecular weight is 319 g/mol. The molecule has 0 unspecified atom stereocenters. The molecule has 2 rings (SSSR count). The van der Waals surface area contributed by atoms with Crippen LogP contribution in [0.3, 0.4) is 0 Å². The molecule has 0 radical (unpaired) electrons. The fraction of sp³-hybridized carbons (Fsp3) is 0.200. The molecule has 0 aliphatic heterocycles. The number of aldehydes is 1. The summed E-state index contributed by atoms with van der Waals surface area (Å²) in [5, 5.41) is 0. The zero-order chi connectivity index (χ0) is 13.8. The van der Waals surface area contributed by atoms with Gasteiger partial charge in [0, 0.05) is 28.5 Å². The van der Waals surface area contributed by atoms with Crippen molar-refractivity contribution in [1.29, 1.82) is 0 Å². The van der Waals surface area contributed by atoms with E-state index in [9.17, 15) is 4.79 Å². The van der Waals surface area contributed by atoms with Crippen LogP contribution in [0.1, 0.15) is 21.7 Å². The van der Waals surface area contributed by atoms with E-state index in [4.69, 9.17) is 0 Å². The molecule has 19 heavy (non-hydrogen) atoms. The van der Waals surface area contributed by atoms with Crippen LogP contribution in [0.2, 0.25) is 0 Å². The van der Waals surface area contributed by atoms with Crippen LogP contribution in [-0.2, 0) is 6.54 Å². The Hall–Kier alpha value is -1.68. The van der Waals surface area contributed by atoms with Gasteiger partial charge in [0.2, 0.25) is 0 Å². The lowest BCUT2D eigenvalue weighted by molar-refractivity contribution is 0.112. The first kappa shape index (κ1) is 13.7. The molecule has 0 aliphatic carbocycles. The second kappa shape index (κ2) is 5.97. The van der Waals surface area contributed by atoms with Crippen LogP contribution in [0.25, 0.3) is 0 Å². The number of nitrogens with zero attached hydrogens (tertiary/aromatic N) is 2. The van der Waals surface area contributed by atoms with E-state index < -0.39 is 0 Å². The lowest BCUT2D eigenvalue weighted by Crippen LogP contribution is -2.18. The van der Waals surface area contributed by atoms with Crippen LogP contribution in [-0.4, -0.2) is 18.3 Å². The molecule has 0 saturated heterocycles. The van der Waals surface area contributed by atoms with Gasteiger partial charge in [-0.25, -0.2) is 0 Å². The van der Waals surface area contributed by atoms with Crippen LogP contribution in [0.15, 0.2) is 40.9 Å². The van der Waals surface area contributed by atoms with Crippen LogP contribution < -0.4 is 4.90 Å². The third-order valence-corrected chi connectivity index (χ3v) is 3.37. The Kier molecular flexibility index (Phi) is 4.32. The lowest BCUT2D eigenvalue weighted by Gasteiger charge is -2.21. The molecule has 0 N–H and O–H groups in total. The first-order valence-corrected chi connectivity index (χ1v) is 6.78. The van der Waals surface area contributed by atoms with E-state index in [2.05, 4.69) is 20.9 Å². The summed E-state index contributed by atoms with van der Waals surface area (Å²) in [6, 6.07) is 11.6. The summed E-state index contributed by atoms with van der Waals surface area (Å²) in [6.45, 7) is 2.64. The molecule has 1 aromatic carbocycles. The van der Waals surface area contributed by atoms with E-state index in [0.29, 0.717) is 12.1 Å². The van der Waals surface area contributed by atoms with Crippen molar-refractivity contribution in [2.45, 2.75) is 13.5 Å². The van der Waals surface area contributed by atoms with E-state index in [1.165, 1.54) is 0 Å². The Balaban J connectivity index is 2.26. The molecule has 0 atom stereocenters. The SMILES string of the molecule is Cc1cccc(CN(C)c2cc(Br)ccc2C=O)n1. The summed E-state index contributed by atoms with van der Waals surface area (Å²) in [6.07, 6.45) is 0.877. The van der Waals surface area contributed by atoms with E-state index >= 15 is 0 Å². The Bertz CT molecular complexity index is 598. The first-order valence-electron chi connectivity index (χ1n) is 5.98. The molecule has 0 saturated carbocycles. The number of rotatable bonds is 4. The fourth-order valence-corrected chi connectivity index (χ4v) is 2.31. The van der Waals surface area contributed by atoms with Crippen molar-refractivity contribution in [3.8, 4) is 0 Å². The van der Waals surface area contributed by atoms with Crippen molar-refractivity contribution in [2.24, 2.45) is 0 Å². The van der Waals surface area contributed by atoms with Gasteiger partial charge < -0.3 is 4.90 Å². The zero-order valence-corrected chi connectivity index (χ0v) is 12.5. The third-order valence-electron chi connectivity index (χ3n) is 2.88. The number of carbonyl (C=O) groups is 1. The van der Waals surface area contributed by atoms with Crippen molar-refractivity contribution >= 4 is 27.9 Å². The van der Waals surface area contributed by atoms with E-state index in [-0.39, 0.29) is 0 Å². The van der Waals surface area contributed by atoms with Gasteiger partial charge in [-0.1, -0.05) is 22.0 Å². The molecule has 3 nitrogen and oxygen atoms in total. The predicted molar refractivity (Wildman–Crippen MR) is 80.6 cm³/mol. The largest absolute Gasteiger partial charge is 0.368 e. The Morgan fingerprint density at radius 1 is 1.32 bits per heavy atom. The number of halogens is 1. The highest BCUT2D eigenvalue weighted by atomic mass is 79.9. The molecular formula is C15H15BrN2O. The van der Waals surface area contributed by atoms with Gasteiger partial charge in [0.1, 0.15) is 0 Å². The molecule has 0 bridgehead atoms. The van der Waals surface area contributed by atoms with Gasteiger partial charge in [-0.2, -0.15) is 0 Å². The van der Waals surface area contributed by atoms with Crippen molar-refractivity contribution in [1.82, 2.24) is 4.98 Å².